The Bertz CT molecular complexity index is 3010. The van der Waals surface area contributed by atoms with Crippen LogP contribution in [0.5, 0.6) is 23.0 Å². The van der Waals surface area contributed by atoms with E-state index in [2.05, 4.69) is 67.2 Å². The highest BCUT2D eigenvalue weighted by molar-refractivity contribution is 6.09. The van der Waals surface area contributed by atoms with Crippen LogP contribution in [0.25, 0.3) is 21.8 Å². The Morgan fingerprint density at radius 3 is 1.49 bits per heavy atom. The van der Waals surface area contributed by atoms with Gasteiger partial charge in [0, 0.05) is 78.2 Å². The highest BCUT2D eigenvalue weighted by atomic mass is 16.5. The molecule has 17 nitrogen and oxygen atoms in total. The SMILES string of the molecule is CCOc1cc2ncc(C(N)=O)c(Nc3cccc(CNC4CCCCC4O)c3CC)c2cc1OCC.CCOc1cc2ncc(C(N)=O)c(Nc3cccc(CNc4ncccn4)c3CC)c2cc1OCC. The third-order valence-corrected chi connectivity index (χ3v) is 12.7. The van der Waals surface area contributed by atoms with Crippen LogP contribution >= 0.6 is 0 Å². The number of carbonyl (C=O) groups excluding carboxylic acids is 2. The van der Waals surface area contributed by atoms with Gasteiger partial charge in [-0.15, -0.1) is 0 Å². The van der Waals surface area contributed by atoms with E-state index in [1.165, 1.54) is 12.4 Å². The summed E-state index contributed by atoms with van der Waals surface area (Å²) in [7, 11) is 0. The van der Waals surface area contributed by atoms with Crippen LogP contribution in [0.1, 0.15) is 110 Å². The number of benzene rings is 4. The third kappa shape index (κ3) is 12.8. The molecule has 0 saturated heterocycles. The first-order valence-corrected chi connectivity index (χ1v) is 25.2. The first kappa shape index (κ1) is 53.0. The average molecular weight is 993 g/mol. The molecule has 0 bridgehead atoms. The number of pyridine rings is 2. The summed E-state index contributed by atoms with van der Waals surface area (Å²) in [6.07, 6.45) is 11.7. The van der Waals surface area contributed by atoms with Crippen molar-refractivity contribution in [3.63, 3.8) is 0 Å². The number of aliphatic hydroxyl groups is 1. The van der Waals surface area contributed by atoms with Crippen molar-refractivity contribution >= 4 is 62.3 Å². The predicted octanol–water partition coefficient (Wildman–Crippen LogP) is 9.67. The summed E-state index contributed by atoms with van der Waals surface area (Å²) in [4.78, 5) is 42.2. The van der Waals surface area contributed by atoms with E-state index in [-0.39, 0.29) is 17.7 Å². The molecular formula is C56H68N10O7. The van der Waals surface area contributed by atoms with E-state index in [1.807, 2.05) is 76.2 Å². The summed E-state index contributed by atoms with van der Waals surface area (Å²) in [5.74, 6) is 1.79. The van der Waals surface area contributed by atoms with Gasteiger partial charge in [0.15, 0.2) is 23.0 Å². The van der Waals surface area contributed by atoms with Gasteiger partial charge in [0.05, 0.1) is 66.1 Å². The number of nitrogens with two attached hydrogens (primary N) is 2. The minimum atomic E-state index is -0.573. The van der Waals surface area contributed by atoms with Gasteiger partial charge in [0.25, 0.3) is 11.8 Å². The van der Waals surface area contributed by atoms with E-state index in [0.717, 1.165) is 77.5 Å². The Kier molecular flexibility index (Phi) is 18.6. The molecule has 17 heteroatoms. The van der Waals surface area contributed by atoms with Crippen LogP contribution in [0, 0.1) is 0 Å². The van der Waals surface area contributed by atoms with E-state index in [9.17, 15) is 14.7 Å². The third-order valence-electron chi connectivity index (χ3n) is 12.7. The second-order valence-corrected chi connectivity index (χ2v) is 17.3. The molecule has 1 fully saturated rings. The van der Waals surface area contributed by atoms with Crippen molar-refractivity contribution in [3.8, 4) is 23.0 Å². The lowest BCUT2D eigenvalue weighted by Gasteiger charge is -2.29. The summed E-state index contributed by atoms with van der Waals surface area (Å²) in [6, 6.07) is 21.4. The van der Waals surface area contributed by atoms with Gasteiger partial charge in [-0.2, -0.15) is 0 Å². The van der Waals surface area contributed by atoms with Crippen molar-refractivity contribution in [1.29, 1.82) is 0 Å². The molecule has 0 aliphatic heterocycles. The fourth-order valence-electron chi connectivity index (χ4n) is 9.21. The maximum absolute atomic E-state index is 12.4. The molecule has 3 heterocycles. The molecule has 0 spiro atoms. The number of rotatable bonds is 22. The number of fused-ring (bicyclic) bond motifs is 2. The van der Waals surface area contributed by atoms with Crippen LogP contribution in [0.15, 0.2) is 91.5 Å². The normalized spacial score (nSPS) is 14.2. The molecule has 2 unspecified atom stereocenters. The standard InChI is InChI=1S/C29H38N4O4.C27H30N6O3/c1-4-19-18(16-31-23-11-7-8-13-25(23)34)10-9-12-22(19)33-28-20-14-26(36-5-2)27(37-6-3)15-24(20)32-17-21(28)29(30)35;1-4-18-17(15-32-27-29-11-8-12-30-27)9-7-10-21(18)33-25-19-13-23(35-5-2)24(36-6-3)14-22(19)31-16-20(25)26(28)34/h9-10,12,14-15,17,23,25,31,34H,4-8,11,13,16H2,1-3H3,(H2,30,35)(H,32,33);7-14,16H,4-6,15H2,1-3H3,(H2,28,34)(H,31,33)(H,29,30,32). The Morgan fingerprint density at radius 2 is 1.05 bits per heavy atom. The van der Waals surface area contributed by atoms with E-state index in [4.69, 9.17) is 30.4 Å². The zero-order chi connectivity index (χ0) is 51.9. The zero-order valence-electron chi connectivity index (χ0n) is 42.6. The molecule has 2 atom stereocenters. The molecule has 1 saturated carbocycles. The van der Waals surface area contributed by atoms with Crippen LogP contribution < -0.4 is 51.7 Å². The summed E-state index contributed by atoms with van der Waals surface area (Å²) < 4.78 is 23.2. The molecular weight excluding hydrogens is 925 g/mol. The number of aromatic nitrogens is 4. The fraction of sp³-hybridized carbons (Fsp3) is 0.357. The molecule has 3 aromatic heterocycles. The molecule has 1 aliphatic carbocycles. The summed E-state index contributed by atoms with van der Waals surface area (Å²) in [5, 5.41) is 25.6. The zero-order valence-corrected chi connectivity index (χ0v) is 42.6. The molecule has 8 rings (SSSR count). The van der Waals surface area contributed by atoms with Crippen molar-refractivity contribution < 1.29 is 33.6 Å². The second kappa shape index (κ2) is 25.6. The van der Waals surface area contributed by atoms with Crippen LogP contribution in [-0.2, 0) is 25.9 Å². The van der Waals surface area contributed by atoms with E-state index >= 15 is 0 Å². The second-order valence-electron chi connectivity index (χ2n) is 17.3. The van der Waals surface area contributed by atoms with Crippen molar-refractivity contribution in [2.75, 3.05) is 42.4 Å². The van der Waals surface area contributed by atoms with Gasteiger partial charge in [-0.1, -0.05) is 51.0 Å². The quantitative estimate of drug-likeness (QED) is 0.0334. The van der Waals surface area contributed by atoms with Gasteiger partial charge in [0.1, 0.15) is 0 Å². The number of amides is 2. The maximum atomic E-state index is 12.4. The Balaban J connectivity index is 0.000000214. The van der Waals surface area contributed by atoms with Crippen LogP contribution in [0.4, 0.5) is 28.7 Å². The number of nitrogens with one attached hydrogen (secondary N) is 4. The van der Waals surface area contributed by atoms with Gasteiger partial charge >= 0.3 is 0 Å². The molecule has 7 aromatic rings. The number of aliphatic hydroxyl groups excluding tert-OH is 1. The van der Waals surface area contributed by atoms with Crippen molar-refractivity contribution in [2.45, 2.75) is 105 Å². The molecule has 73 heavy (non-hydrogen) atoms. The van der Waals surface area contributed by atoms with Gasteiger partial charge < -0.3 is 56.8 Å². The summed E-state index contributed by atoms with van der Waals surface area (Å²) >= 11 is 0. The fourth-order valence-corrected chi connectivity index (χ4v) is 9.21. The predicted molar refractivity (Wildman–Crippen MR) is 288 cm³/mol. The minimum Gasteiger partial charge on any atom is -0.490 e. The number of nitrogens with zero attached hydrogens (tertiary/aromatic N) is 4. The summed E-state index contributed by atoms with van der Waals surface area (Å²) in [5.41, 5.74) is 20.8. The minimum absolute atomic E-state index is 0.109. The average Bonchev–Trinajstić information content (AvgIpc) is 3.39. The Morgan fingerprint density at radius 1 is 0.603 bits per heavy atom. The highest BCUT2D eigenvalue weighted by Gasteiger charge is 2.24. The van der Waals surface area contributed by atoms with E-state index < -0.39 is 11.8 Å². The number of anilines is 5. The monoisotopic (exact) mass is 993 g/mol. The van der Waals surface area contributed by atoms with Gasteiger partial charge in [-0.25, -0.2) is 9.97 Å². The van der Waals surface area contributed by atoms with E-state index in [1.54, 1.807) is 18.5 Å². The number of hydrogen-bond acceptors (Lipinski definition) is 15. The lowest BCUT2D eigenvalue weighted by molar-refractivity contribution is 0.0902. The molecule has 0 radical (unpaired) electrons. The number of ether oxygens (including phenoxy) is 4. The van der Waals surface area contributed by atoms with Crippen molar-refractivity contribution in [1.82, 2.24) is 25.3 Å². The first-order valence-electron chi connectivity index (χ1n) is 25.2. The number of carbonyl (C=O) groups is 2. The molecule has 1 aliphatic rings. The van der Waals surface area contributed by atoms with Crippen LogP contribution in [0.2, 0.25) is 0 Å². The Labute approximate surface area is 426 Å². The first-order chi connectivity index (χ1) is 35.5. The molecule has 384 valence electrons. The maximum Gasteiger partial charge on any atom is 0.252 e. The molecule has 2 amide bonds. The topological polar surface area (TPSA) is 243 Å². The van der Waals surface area contributed by atoms with Crippen molar-refractivity contribution in [2.24, 2.45) is 11.5 Å². The van der Waals surface area contributed by atoms with Gasteiger partial charge in [-0.05, 0) is 106 Å². The largest absolute Gasteiger partial charge is 0.490 e. The number of primary amides is 2. The number of hydrogen-bond donors (Lipinski definition) is 7. The van der Waals surface area contributed by atoms with Crippen molar-refractivity contribution in [3.05, 3.63) is 125 Å². The van der Waals surface area contributed by atoms with E-state index in [0.29, 0.717) is 102 Å². The van der Waals surface area contributed by atoms with Crippen LogP contribution in [-0.4, -0.2) is 75.4 Å². The summed E-state index contributed by atoms with van der Waals surface area (Å²) in [6.45, 7) is 15.0. The van der Waals surface area contributed by atoms with Gasteiger partial charge in [-0.3, -0.25) is 19.6 Å². The lowest BCUT2D eigenvalue weighted by atomic mass is 9.92. The molecule has 9 N–H and O–H groups in total. The highest BCUT2D eigenvalue weighted by Crippen LogP contribution is 2.40. The van der Waals surface area contributed by atoms with Gasteiger partial charge in [0.2, 0.25) is 5.95 Å². The lowest BCUT2D eigenvalue weighted by Crippen LogP contribution is -2.41. The van der Waals surface area contributed by atoms with Crippen LogP contribution in [0.3, 0.4) is 0 Å². The molecule has 4 aromatic carbocycles. The smallest absolute Gasteiger partial charge is 0.252 e. The Hall–Kier alpha value is -7.76.